The number of nitrogens with two attached hydrogens (primary N) is 10. The van der Waals surface area contributed by atoms with Crippen LogP contribution in [0.4, 0.5) is 0 Å². The van der Waals surface area contributed by atoms with E-state index in [0.29, 0.717) is 0 Å². The minimum atomic E-state index is -2.95. The summed E-state index contributed by atoms with van der Waals surface area (Å²) in [4.78, 5) is 210. The Hall–Kier alpha value is -7.64. The van der Waals surface area contributed by atoms with Crippen molar-refractivity contribution in [2.24, 2.45) is 63.3 Å². The Bertz CT molecular complexity index is 2210. The molecule has 0 rings (SSSR count). The summed E-state index contributed by atoms with van der Waals surface area (Å²) in [6, 6.07) is -25.8. The first-order valence-electron chi connectivity index (χ1n) is 22.4. The average Bonchev–Trinajstić information content (AvgIpc) is 3.32. The number of hydrogen-bond donors (Lipinski definition) is 19. The Labute approximate surface area is 425 Å². The number of carbonyl (C=O) groups excluding carboxylic acids is 14. The van der Waals surface area contributed by atoms with E-state index >= 15 is 0 Å². The van der Waals surface area contributed by atoms with E-state index in [9.17, 15) is 86.9 Å². The highest BCUT2D eigenvalue weighted by Gasteiger charge is 2.45. The van der Waals surface area contributed by atoms with Crippen molar-refractivity contribution in [1.29, 1.82) is 0 Å². The molecule has 0 bridgehead atoms. The molecule has 0 aromatic rings. The van der Waals surface area contributed by atoms with E-state index in [4.69, 9.17) is 57.3 Å². The third-order valence-electron chi connectivity index (χ3n) is 10.7. The van der Waals surface area contributed by atoms with Crippen LogP contribution < -0.4 is 94.6 Å². The van der Waals surface area contributed by atoms with Crippen LogP contribution >= 0.6 is 0 Å². The minimum Gasteiger partial charge on any atom is -0.481 e. The molecule has 0 heterocycles. The van der Waals surface area contributed by atoms with Gasteiger partial charge in [-0.25, -0.2) is 0 Å². The van der Waals surface area contributed by atoms with Crippen LogP contribution in [0.25, 0.3) is 0 Å². The fraction of sp³-hybridized carbons (Fsp3) is 0.600. The van der Waals surface area contributed by atoms with Gasteiger partial charge in [0.25, 0.3) is 29.5 Å². The number of hydrogen-bond acceptors (Lipinski definition) is 25. The van der Waals surface area contributed by atoms with Crippen LogP contribution in [0, 0.1) is 5.92 Å². The van der Waals surface area contributed by atoms with Crippen molar-refractivity contribution in [2.45, 2.75) is 132 Å². The van der Waals surface area contributed by atoms with E-state index in [1.807, 2.05) is 10.6 Å². The van der Waals surface area contributed by atoms with Gasteiger partial charge < -0.3 is 99.5 Å². The third kappa shape index (κ3) is 22.2. The van der Waals surface area contributed by atoms with Gasteiger partial charge in [-0.05, 0) is 25.3 Å². The molecule has 0 aliphatic heterocycles. The lowest BCUT2D eigenvalue weighted by Gasteiger charge is -2.29. The van der Waals surface area contributed by atoms with Crippen LogP contribution in [0.15, 0.2) is 0 Å². The fourth-order valence-corrected chi connectivity index (χ4v) is 6.30. The molecule has 0 aliphatic carbocycles. The van der Waals surface area contributed by atoms with Gasteiger partial charge in [0.05, 0.1) is 49.6 Å². The highest BCUT2D eigenvalue weighted by Crippen LogP contribution is 2.11. The zero-order valence-corrected chi connectivity index (χ0v) is 40.9. The van der Waals surface area contributed by atoms with Crippen LogP contribution in [-0.2, 0) is 76.7 Å². The van der Waals surface area contributed by atoms with Gasteiger partial charge >= 0.3 is 11.9 Å². The normalized spacial score (nSPS) is 15.9. The summed E-state index contributed by atoms with van der Waals surface area (Å²) >= 11 is 0. The molecule has 0 fully saturated rings. The second-order valence-electron chi connectivity index (χ2n) is 16.8. The first kappa shape index (κ1) is 67.4. The number of amides is 8. The van der Waals surface area contributed by atoms with E-state index in [0.717, 1.165) is 6.92 Å². The minimum absolute atomic E-state index is 0.0778. The van der Waals surface area contributed by atoms with E-state index < -0.39 is 198 Å². The van der Waals surface area contributed by atoms with E-state index in [1.165, 1.54) is 13.8 Å². The van der Waals surface area contributed by atoms with Gasteiger partial charge in [-0.2, -0.15) is 0 Å². The zero-order chi connectivity index (χ0) is 58.3. The molecular weight excluding hydrogens is 1010 g/mol. The maximum Gasteiger partial charge on any atom is 0.305 e. The number of carboxylic acids is 2. The number of aliphatic carboxylic acids is 2. The SMILES string of the molecule is CC[C@H](C)C(N)C(=O)C(NC(=O)C(NC(=O)C(NC(=O)C(NC(C)=O)C(=O)CN)C(=O)[C@@H](N)CC(=O)O)C(=O)[C@@H](N)CC(=O)O)C(=O)NC(C(=O)NC(C(N)=O)C(=O)[C@@H](N)CCCNC(N)N)C(=O)[C@@H](N)CC(N)=O. The van der Waals surface area contributed by atoms with Gasteiger partial charge in [-0.1, -0.05) is 20.3 Å². The summed E-state index contributed by atoms with van der Waals surface area (Å²) in [6.07, 6.45) is -4.52. The van der Waals surface area contributed by atoms with Crippen LogP contribution in [0.1, 0.15) is 59.3 Å². The number of primary amides is 2. The van der Waals surface area contributed by atoms with Gasteiger partial charge in [0, 0.05) is 13.3 Å². The van der Waals surface area contributed by atoms with Gasteiger partial charge in [-0.15, -0.1) is 0 Å². The van der Waals surface area contributed by atoms with Crippen molar-refractivity contribution in [1.82, 2.24) is 37.2 Å². The van der Waals surface area contributed by atoms with Crippen molar-refractivity contribution >= 4 is 93.9 Å². The monoisotopic (exact) mass is 1070 g/mol. The Balaban J connectivity index is 7.82. The largest absolute Gasteiger partial charge is 0.481 e. The molecule has 0 saturated carbocycles. The molecule has 35 nitrogen and oxygen atoms in total. The third-order valence-corrected chi connectivity index (χ3v) is 10.7. The average molecular weight is 1070 g/mol. The lowest BCUT2D eigenvalue weighted by Crippen LogP contribution is -2.67. The zero-order valence-electron chi connectivity index (χ0n) is 40.9. The molecule has 12 atom stereocenters. The number of carbonyl (C=O) groups is 16. The van der Waals surface area contributed by atoms with Crippen molar-refractivity contribution in [3.05, 3.63) is 0 Å². The van der Waals surface area contributed by atoms with Crippen LogP contribution in [0.3, 0.4) is 0 Å². The van der Waals surface area contributed by atoms with E-state index in [1.54, 1.807) is 21.3 Å². The van der Waals surface area contributed by atoms with Crippen LogP contribution in [-0.4, -0.2) is 190 Å². The summed E-state index contributed by atoms with van der Waals surface area (Å²) in [5, 5.41) is 31.9. The molecule has 420 valence electrons. The van der Waals surface area contributed by atoms with Crippen molar-refractivity contribution in [3.8, 4) is 0 Å². The van der Waals surface area contributed by atoms with Gasteiger partial charge in [0.15, 0.2) is 71.0 Å². The van der Waals surface area contributed by atoms with Crippen LogP contribution in [0.2, 0.25) is 0 Å². The fourth-order valence-electron chi connectivity index (χ4n) is 6.30. The van der Waals surface area contributed by atoms with E-state index in [2.05, 4.69) is 5.32 Å². The van der Waals surface area contributed by atoms with Gasteiger partial charge in [0.1, 0.15) is 6.29 Å². The smallest absolute Gasteiger partial charge is 0.305 e. The number of Topliss-reactive ketones (excluding diaryl/α,β-unsaturated/α-hetero) is 6. The van der Waals surface area contributed by atoms with Gasteiger partial charge in [0.2, 0.25) is 17.7 Å². The highest BCUT2D eigenvalue weighted by molar-refractivity contribution is 6.20. The number of ketones is 6. The predicted molar refractivity (Wildman–Crippen MR) is 253 cm³/mol. The molecule has 0 saturated heterocycles. The Kier molecular flexibility index (Phi) is 28.6. The molecule has 0 radical (unpaired) electrons. The Morgan fingerprint density at radius 3 is 1.15 bits per heavy atom. The second-order valence-corrected chi connectivity index (χ2v) is 16.8. The maximum absolute atomic E-state index is 14.3. The second kappa shape index (κ2) is 31.8. The quantitative estimate of drug-likeness (QED) is 0.0156. The molecule has 0 aromatic heterocycles. The van der Waals surface area contributed by atoms with Crippen LogP contribution in [0.5, 0.6) is 0 Å². The number of nitrogens with one attached hydrogen (secondary N) is 7. The summed E-state index contributed by atoms with van der Waals surface area (Å²) < 4.78 is 0. The Morgan fingerprint density at radius 2 is 0.827 bits per heavy atom. The lowest BCUT2D eigenvalue weighted by molar-refractivity contribution is -0.145. The molecule has 0 aromatic carbocycles. The summed E-state index contributed by atoms with van der Waals surface area (Å²) in [5.41, 5.74) is 55.9. The van der Waals surface area contributed by atoms with E-state index in [-0.39, 0.29) is 25.8 Å². The summed E-state index contributed by atoms with van der Waals surface area (Å²) in [5.74, 6) is -26.7. The van der Waals surface area contributed by atoms with Gasteiger partial charge in [-0.3, -0.25) is 82.0 Å². The summed E-state index contributed by atoms with van der Waals surface area (Å²) in [7, 11) is 0. The molecule has 75 heavy (non-hydrogen) atoms. The maximum atomic E-state index is 14.3. The summed E-state index contributed by atoms with van der Waals surface area (Å²) in [6.45, 7) is 2.90. The number of rotatable bonds is 37. The topological polar surface area (TPSA) is 658 Å². The van der Waals surface area contributed by atoms with Crippen molar-refractivity contribution in [2.75, 3.05) is 13.1 Å². The predicted octanol–water partition coefficient (Wildman–Crippen LogP) is -13.1. The first-order chi connectivity index (χ1) is 34.6. The standard InChI is InChI=1S/C40H67N17O18/c1-4-12(2)22(47)33(69)28(39(75)56-25(30(66)15(43)8-19(46)60)36(72)53-24(34(48)70)29(65)14(42)6-5-7-51-40(49)50)57-38(74)27(32(68)17(45)10-21(63)64)55-37(73)26(31(67)16(44)9-20(61)62)54-35(71)23(18(59)11-41)52-13(3)58/h12,14-17,22-28,40,51H,4-11,41-45,47,49-50H2,1-3H3,(H2,46,60)(H2,48,70)(H,52,58)(H,53,72)(H,54,71)(H,55,73)(H,56,75)(H,57,74)(H,61,62)(H,63,64)/t12-,14-,15-,16-,17-,22?,23?,24?,25?,26?,27?,28?/m0/s1. The Morgan fingerprint density at radius 1 is 0.480 bits per heavy atom. The molecule has 35 heteroatoms. The molecule has 7 unspecified atom stereocenters. The molecule has 0 spiro atoms. The first-order valence-corrected chi connectivity index (χ1v) is 22.4. The molecular formula is C40H67N17O18. The number of carboxylic acid groups (broad SMARTS) is 2. The van der Waals surface area contributed by atoms with Crippen molar-refractivity contribution < 1.29 is 86.9 Å². The van der Waals surface area contributed by atoms with Crippen molar-refractivity contribution in [3.63, 3.8) is 0 Å². The molecule has 0 aliphatic rings. The molecule has 29 N–H and O–H groups in total. The molecule has 8 amide bonds. The lowest BCUT2D eigenvalue weighted by atomic mass is 9.91. The highest BCUT2D eigenvalue weighted by atomic mass is 16.4.